The van der Waals surface area contributed by atoms with Gasteiger partial charge in [-0.25, -0.2) is 8.78 Å². The molecule has 1 aromatic rings. The Morgan fingerprint density at radius 3 is 2.06 bits per heavy atom. The summed E-state index contributed by atoms with van der Waals surface area (Å²) in [5.74, 6) is -5.46. The maximum absolute atomic E-state index is 13.0. The fourth-order valence-corrected chi connectivity index (χ4v) is 0.980. The van der Waals surface area contributed by atoms with E-state index in [2.05, 4.69) is 4.74 Å². The molecule has 1 aromatic carbocycles. The Labute approximate surface area is 84.4 Å². The van der Waals surface area contributed by atoms with Crippen LogP contribution in [0.4, 0.5) is 30.7 Å². The van der Waals surface area contributed by atoms with Crippen LogP contribution in [0.3, 0.4) is 0 Å². The number of hydrogen-bond donors (Lipinski definition) is 0. The molecule has 0 unspecified atom stereocenters. The minimum atomic E-state index is -5.32. The molecule has 0 aliphatic heterocycles. The predicted molar refractivity (Wildman–Crippen MR) is 38.0 cm³/mol. The van der Waals surface area contributed by atoms with Crippen LogP contribution in [0.2, 0.25) is 0 Å². The molecule has 0 fully saturated rings. The Morgan fingerprint density at radius 2 is 1.62 bits per heavy atom. The molecule has 0 heterocycles. The first-order chi connectivity index (χ1) is 7.23. The van der Waals surface area contributed by atoms with Gasteiger partial charge < -0.3 is 4.74 Å². The molecule has 0 spiro atoms. The second-order valence-electron chi connectivity index (χ2n) is 2.61. The van der Waals surface area contributed by atoms with Crippen molar-refractivity contribution in [2.45, 2.75) is 12.8 Å². The summed E-state index contributed by atoms with van der Waals surface area (Å²) >= 11 is 0. The van der Waals surface area contributed by atoms with Crippen LogP contribution >= 0.6 is 0 Å². The average molecular weight is 248 g/mol. The van der Waals surface area contributed by atoms with E-state index < -0.39 is 35.7 Å². The van der Waals surface area contributed by atoms with Crippen molar-refractivity contribution in [1.29, 1.82) is 0 Å². The van der Waals surface area contributed by atoms with Crippen molar-refractivity contribution in [2.75, 3.05) is 0 Å². The number of halogens is 7. The van der Waals surface area contributed by atoms with Gasteiger partial charge in [0, 0.05) is 0 Å². The lowest BCUT2D eigenvalue weighted by molar-refractivity contribution is -0.143. The Kier molecular flexibility index (Phi) is 3.30. The molecule has 0 aromatic heterocycles. The molecule has 0 saturated heterocycles. The molecule has 8 heteroatoms. The lowest BCUT2D eigenvalue weighted by Crippen LogP contribution is -2.13. The molecule has 0 aliphatic rings. The third-order valence-electron chi connectivity index (χ3n) is 1.56. The van der Waals surface area contributed by atoms with Crippen molar-refractivity contribution >= 4 is 0 Å². The van der Waals surface area contributed by atoms with Gasteiger partial charge in [0.25, 0.3) is 0 Å². The number of ether oxygens (including phenoxy) is 1. The highest BCUT2D eigenvalue weighted by molar-refractivity contribution is 5.34. The number of benzene rings is 1. The van der Waals surface area contributed by atoms with E-state index in [1.54, 1.807) is 0 Å². The molecular formula is C8H3F7O. The van der Waals surface area contributed by atoms with E-state index in [1.165, 1.54) is 0 Å². The molecule has 0 saturated carbocycles. The van der Waals surface area contributed by atoms with Gasteiger partial charge in [0.1, 0.15) is 11.4 Å². The zero-order valence-electron chi connectivity index (χ0n) is 7.29. The molecule has 0 bridgehead atoms. The Bertz CT molecular complexity index is 385. The summed E-state index contributed by atoms with van der Waals surface area (Å²) in [5, 5.41) is 0. The largest absolute Gasteiger partial charge is 0.432 e. The normalized spacial score (nSPS) is 12.0. The lowest BCUT2D eigenvalue weighted by Gasteiger charge is -2.12. The van der Waals surface area contributed by atoms with Gasteiger partial charge in [-0.05, 0) is 12.1 Å². The SMILES string of the molecule is Fc1ccc(OC(F)F)c(F)c1C(F)(F)F. The minimum absolute atomic E-state index is 0.198. The van der Waals surface area contributed by atoms with E-state index in [9.17, 15) is 30.7 Å². The van der Waals surface area contributed by atoms with Gasteiger partial charge in [-0.2, -0.15) is 22.0 Å². The van der Waals surface area contributed by atoms with E-state index >= 15 is 0 Å². The molecule has 90 valence electrons. The first-order valence-corrected chi connectivity index (χ1v) is 3.73. The van der Waals surface area contributed by atoms with Crippen LogP contribution in [-0.2, 0) is 6.18 Å². The van der Waals surface area contributed by atoms with Gasteiger partial charge in [-0.1, -0.05) is 0 Å². The summed E-state index contributed by atoms with van der Waals surface area (Å²) in [4.78, 5) is 0. The zero-order valence-corrected chi connectivity index (χ0v) is 7.29. The average Bonchev–Trinajstić information content (AvgIpc) is 2.07. The summed E-state index contributed by atoms with van der Waals surface area (Å²) in [6, 6.07) is 0.551. The Balaban J connectivity index is 3.28. The molecule has 0 radical (unpaired) electrons. The van der Waals surface area contributed by atoms with Crippen molar-refractivity contribution in [1.82, 2.24) is 0 Å². The van der Waals surface area contributed by atoms with Gasteiger partial charge in [-0.3, -0.25) is 0 Å². The molecule has 1 nitrogen and oxygen atoms in total. The van der Waals surface area contributed by atoms with Gasteiger partial charge in [0.15, 0.2) is 11.6 Å². The molecule has 16 heavy (non-hydrogen) atoms. The third-order valence-corrected chi connectivity index (χ3v) is 1.56. The highest BCUT2D eigenvalue weighted by Gasteiger charge is 2.39. The maximum atomic E-state index is 13.0. The fourth-order valence-electron chi connectivity index (χ4n) is 0.980. The first-order valence-electron chi connectivity index (χ1n) is 3.73. The first kappa shape index (κ1) is 12.6. The number of hydrogen-bond acceptors (Lipinski definition) is 1. The van der Waals surface area contributed by atoms with Crippen molar-refractivity contribution in [3.05, 3.63) is 29.3 Å². The van der Waals surface area contributed by atoms with E-state index in [4.69, 9.17) is 0 Å². The zero-order chi connectivity index (χ0) is 12.5. The van der Waals surface area contributed by atoms with Crippen molar-refractivity contribution < 1.29 is 35.5 Å². The lowest BCUT2D eigenvalue weighted by atomic mass is 10.2. The molecule has 1 rings (SSSR count). The highest BCUT2D eigenvalue weighted by atomic mass is 19.4. The van der Waals surface area contributed by atoms with Crippen LogP contribution < -0.4 is 4.74 Å². The molecule has 0 N–H and O–H groups in total. The topological polar surface area (TPSA) is 9.23 Å². The molecular weight excluding hydrogens is 245 g/mol. The standard InChI is InChI=1S/C8H3F7O/c9-3-1-2-4(16-7(11)12)6(10)5(3)8(13,14)15/h1-2,7H. The van der Waals surface area contributed by atoms with Crippen molar-refractivity contribution in [3.8, 4) is 5.75 Å². The van der Waals surface area contributed by atoms with Crippen LogP contribution in [-0.4, -0.2) is 6.61 Å². The Hall–Kier alpha value is -1.47. The van der Waals surface area contributed by atoms with E-state index in [0.717, 1.165) is 0 Å². The second-order valence-corrected chi connectivity index (χ2v) is 2.61. The van der Waals surface area contributed by atoms with E-state index in [0.29, 0.717) is 6.07 Å². The predicted octanol–water partition coefficient (Wildman–Crippen LogP) is 3.58. The smallest absolute Gasteiger partial charge is 0.422 e. The fraction of sp³-hybridized carbons (Fsp3) is 0.250. The van der Waals surface area contributed by atoms with Crippen molar-refractivity contribution in [3.63, 3.8) is 0 Å². The molecule has 0 amide bonds. The second kappa shape index (κ2) is 4.18. The van der Waals surface area contributed by atoms with Gasteiger partial charge in [0.05, 0.1) is 0 Å². The summed E-state index contributed by atoms with van der Waals surface area (Å²) in [6.45, 7) is -3.50. The van der Waals surface area contributed by atoms with Crippen LogP contribution in [0.25, 0.3) is 0 Å². The third kappa shape index (κ3) is 2.56. The Morgan fingerprint density at radius 1 is 1.06 bits per heavy atom. The van der Waals surface area contributed by atoms with Crippen LogP contribution in [0.5, 0.6) is 5.75 Å². The quantitative estimate of drug-likeness (QED) is 0.727. The number of rotatable bonds is 2. The highest BCUT2D eigenvalue weighted by Crippen LogP contribution is 2.37. The van der Waals surface area contributed by atoms with Gasteiger partial charge in [-0.15, -0.1) is 0 Å². The van der Waals surface area contributed by atoms with E-state index in [1.807, 2.05) is 0 Å². The minimum Gasteiger partial charge on any atom is -0.432 e. The summed E-state index contributed by atoms with van der Waals surface area (Å²) in [5.41, 5.74) is -2.26. The molecule has 0 atom stereocenters. The maximum Gasteiger partial charge on any atom is 0.422 e. The summed E-state index contributed by atoms with van der Waals surface area (Å²) < 4.78 is 88.7. The van der Waals surface area contributed by atoms with Crippen molar-refractivity contribution in [2.24, 2.45) is 0 Å². The molecule has 0 aliphatic carbocycles. The van der Waals surface area contributed by atoms with E-state index in [-0.39, 0.29) is 6.07 Å². The van der Waals surface area contributed by atoms with Crippen LogP contribution in [0, 0.1) is 11.6 Å². The van der Waals surface area contributed by atoms with Gasteiger partial charge in [0.2, 0.25) is 0 Å². The summed E-state index contributed by atoms with van der Waals surface area (Å²) in [7, 11) is 0. The van der Waals surface area contributed by atoms with Gasteiger partial charge >= 0.3 is 12.8 Å². The summed E-state index contributed by atoms with van der Waals surface area (Å²) in [6.07, 6.45) is -5.32. The van der Waals surface area contributed by atoms with Crippen LogP contribution in [0.15, 0.2) is 12.1 Å². The van der Waals surface area contributed by atoms with Crippen LogP contribution in [0.1, 0.15) is 5.56 Å². The monoisotopic (exact) mass is 248 g/mol. The number of alkyl halides is 5.